The van der Waals surface area contributed by atoms with Gasteiger partial charge in [0.1, 0.15) is 3.82 Å². The first-order chi connectivity index (χ1) is 10.7. The molecule has 22 heavy (non-hydrogen) atoms. The molecule has 4 nitrogen and oxygen atoms in total. The van der Waals surface area contributed by atoms with E-state index in [1.807, 2.05) is 10.3 Å². The monoisotopic (exact) mass is 360 g/mol. The lowest BCUT2D eigenvalue weighted by atomic mass is 10.0. The Morgan fingerprint density at radius 1 is 0.955 bits per heavy atom. The second-order valence-corrected chi connectivity index (χ2v) is 8.81. The summed E-state index contributed by atoms with van der Waals surface area (Å²) < 4.78 is 12.0. The summed E-state index contributed by atoms with van der Waals surface area (Å²) in [5.74, 6) is 0.550. The minimum absolute atomic E-state index is 0.550. The average molecular weight is 361 g/mol. The Morgan fingerprint density at radius 3 is 1.86 bits per heavy atom. The first-order valence-electron chi connectivity index (χ1n) is 7.94. The van der Waals surface area contributed by atoms with Crippen LogP contribution in [-0.4, -0.2) is 75.5 Å². The molecular formula is C15H24N2O2S3. The summed E-state index contributed by atoms with van der Waals surface area (Å²) >= 11 is 5.46. The van der Waals surface area contributed by atoms with Crippen LogP contribution in [0.3, 0.4) is 0 Å². The van der Waals surface area contributed by atoms with E-state index in [0.29, 0.717) is 5.92 Å². The molecule has 7 heteroatoms. The Kier molecular flexibility index (Phi) is 6.38. The third-order valence-corrected chi connectivity index (χ3v) is 7.94. The van der Waals surface area contributed by atoms with Crippen LogP contribution in [0.2, 0.25) is 0 Å². The predicted octanol–water partition coefficient (Wildman–Crippen LogP) is 2.60. The number of hydrogen-bond donors (Lipinski definition) is 0. The second kappa shape index (κ2) is 8.28. The number of rotatable bonds is 5. The zero-order chi connectivity index (χ0) is 15.4. The van der Waals surface area contributed by atoms with Gasteiger partial charge in [0.25, 0.3) is 0 Å². The molecule has 3 heterocycles. The lowest BCUT2D eigenvalue weighted by Gasteiger charge is -2.34. The summed E-state index contributed by atoms with van der Waals surface area (Å²) in [4.78, 5) is 6.58. The van der Waals surface area contributed by atoms with Crippen molar-refractivity contribution in [3.05, 3.63) is 14.3 Å². The van der Waals surface area contributed by atoms with E-state index in [4.69, 9.17) is 21.7 Å². The van der Waals surface area contributed by atoms with Crippen molar-refractivity contribution in [3.8, 4) is 0 Å². The van der Waals surface area contributed by atoms with Crippen molar-refractivity contribution >= 4 is 32.9 Å². The van der Waals surface area contributed by atoms with E-state index in [9.17, 15) is 0 Å². The summed E-state index contributed by atoms with van der Waals surface area (Å²) in [5.41, 5.74) is 1.33. The molecule has 1 aromatic rings. The van der Waals surface area contributed by atoms with Crippen molar-refractivity contribution in [2.24, 2.45) is 0 Å². The third-order valence-electron chi connectivity index (χ3n) is 4.42. The SMILES string of the molecule is Cc1c(C(CN2CCOCC2)CN2CCOCC2)ssc1=S. The molecule has 2 saturated heterocycles. The molecule has 0 N–H and O–H groups in total. The molecule has 2 aliphatic rings. The van der Waals surface area contributed by atoms with Crippen molar-refractivity contribution in [1.29, 1.82) is 0 Å². The van der Waals surface area contributed by atoms with E-state index in [0.717, 1.165) is 69.5 Å². The average Bonchev–Trinajstić information content (AvgIpc) is 2.88. The molecule has 0 bridgehead atoms. The first-order valence-corrected chi connectivity index (χ1v) is 10.5. The number of morpholine rings is 2. The summed E-state index contributed by atoms with van der Waals surface area (Å²) in [6, 6.07) is 0. The molecule has 0 unspecified atom stereocenters. The summed E-state index contributed by atoms with van der Waals surface area (Å²) in [6.07, 6.45) is 0. The minimum atomic E-state index is 0.550. The molecule has 0 amide bonds. The Morgan fingerprint density at radius 2 is 1.45 bits per heavy atom. The molecule has 1 aromatic heterocycles. The highest BCUT2D eigenvalue weighted by Gasteiger charge is 2.24. The van der Waals surface area contributed by atoms with Gasteiger partial charge in [-0.05, 0) is 12.5 Å². The van der Waals surface area contributed by atoms with Crippen LogP contribution in [0, 0.1) is 10.7 Å². The van der Waals surface area contributed by atoms with Gasteiger partial charge in [0, 0.05) is 50.1 Å². The van der Waals surface area contributed by atoms with Gasteiger partial charge in [-0.15, -0.1) is 0 Å². The molecule has 0 spiro atoms. The van der Waals surface area contributed by atoms with Crippen LogP contribution in [0.5, 0.6) is 0 Å². The first kappa shape index (κ1) is 17.0. The predicted molar refractivity (Wildman–Crippen MR) is 95.0 cm³/mol. The highest BCUT2D eigenvalue weighted by Crippen LogP contribution is 2.32. The van der Waals surface area contributed by atoms with Gasteiger partial charge in [0.15, 0.2) is 0 Å². The Bertz CT molecular complexity index is 499. The van der Waals surface area contributed by atoms with E-state index in [2.05, 4.69) is 16.7 Å². The fraction of sp³-hybridized carbons (Fsp3) is 0.800. The maximum absolute atomic E-state index is 5.48. The third kappa shape index (κ3) is 4.35. The van der Waals surface area contributed by atoms with Gasteiger partial charge in [-0.25, -0.2) is 0 Å². The molecule has 3 rings (SSSR count). The van der Waals surface area contributed by atoms with Crippen LogP contribution < -0.4 is 0 Å². The number of hydrogen-bond acceptors (Lipinski definition) is 7. The molecule has 0 aromatic carbocycles. The van der Waals surface area contributed by atoms with Crippen molar-refractivity contribution in [1.82, 2.24) is 9.80 Å². The Balaban J connectivity index is 1.71. The fourth-order valence-electron chi connectivity index (χ4n) is 3.10. The molecule has 0 aliphatic carbocycles. The van der Waals surface area contributed by atoms with Gasteiger partial charge in [-0.2, -0.15) is 0 Å². The normalized spacial score (nSPS) is 21.5. The van der Waals surface area contributed by atoms with E-state index in [1.54, 1.807) is 10.3 Å². The van der Waals surface area contributed by atoms with Crippen LogP contribution in [-0.2, 0) is 9.47 Å². The van der Waals surface area contributed by atoms with Crippen LogP contribution in [0.25, 0.3) is 0 Å². The summed E-state index contributed by atoms with van der Waals surface area (Å²) in [7, 11) is 3.64. The van der Waals surface area contributed by atoms with Gasteiger partial charge >= 0.3 is 0 Å². The van der Waals surface area contributed by atoms with Gasteiger partial charge in [0.05, 0.1) is 26.4 Å². The molecule has 2 fully saturated rings. The van der Waals surface area contributed by atoms with Crippen LogP contribution in [0.1, 0.15) is 16.4 Å². The van der Waals surface area contributed by atoms with Gasteiger partial charge in [-0.3, -0.25) is 9.80 Å². The quantitative estimate of drug-likeness (QED) is 0.594. The zero-order valence-electron chi connectivity index (χ0n) is 13.1. The summed E-state index contributed by atoms with van der Waals surface area (Å²) in [6.45, 7) is 12.1. The molecule has 0 saturated carbocycles. The van der Waals surface area contributed by atoms with Crippen LogP contribution >= 0.6 is 32.9 Å². The van der Waals surface area contributed by atoms with Crippen molar-refractivity contribution in [3.63, 3.8) is 0 Å². The lowest BCUT2D eigenvalue weighted by Crippen LogP contribution is -2.43. The maximum Gasteiger partial charge on any atom is 0.105 e. The number of ether oxygens (including phenoxy) is 2. The lowest BCUT2D eigenvalue weighted by molar-refractivity contribution is 0.0205. The number of nitrogens with zero attached hydrogens (tertiary/aromatic N) is 2. The second-order valence-electron chi connectivity index (χ2n) is 5.97. The van der Waals surface area contributed by atoms with E-state index < -0.39 is 0 Å². The van der Waals surface area contributed by atoms with Crippen molar-refractivity contribution < 1.29 is 9.47 Å². The fourth-order valence-corrected chi connectivity index (χ4v) is 6.21. The Labute approximate surface area is 145 Å². The molecule has 0 atom stereocenters. The molecule has 124 valence electrons. The van der Waals surface area contributed by atoms with Crippen molar-refractivity contribution in [2.45, 2.75) is 12.8 Å². The molecule has 2 aliphatic heterocycles. The van der Waals surface area contributed by atoms with Gasteiger partial charge in [-0.1, -0.05) is 32.9 Å². The standard InChI is InChI=1S/C15H24N2O2S3/c1-12-14(21-22-15(12)20)13(10-16-2-6-18-7-3-16)11-17-4-8-19-9-5-17/h13H,2-11H2,1H3. The minimum Gasteiger partial charge on any atom is -0.379 e. The van der Waals surface area contributed by atoms with E-state index in [-0.39, 0.29) is 0 Å². The van der Waals surface area contributed by atoms with E-state index in [1.165, 1.54) is 10.4 Å². The van der Waals surface area contributed by atoms with Crippen molar-refractivity contribution in [2.75, 3.05) is 65.7 Å². The molecular weight excluding hydrogens is 336 g/mol. The largest absolute Gasteiger partial charge is 0.379 e. The highest BCUT2D eigenvalue weighted by molar-refractivity contribution is 7.79. The van der Waals surface area contributed by atoms with Crippen LogP contribution in [0.4, 0.5) is 0 Å². The highest BCUT2D eigenvalue weighted by atomic mass is 32.9. The van der Waals surface area contributed by atoms with Gasteiger partial charge < -0.3 is 9.47 Å². The maximum atomic E-state index is 5.48. The zero-order valence-corrected chi connectivity index (χ0v) is 15.5. The Hall–Kier alpha value is 0.110. The smallest absolute Gasteiger partial charge is 0.105 e. The summed E-state index contributed by atoms with van der Waals surface area (Å²) in [5, 5.41) is 0. The topological polar surface area (TPSA) is 24.9 Å². The molecule has 0 radical (unpaired) electrons. The van der Waals surface area contributed by atoms with Gasteiger partial charge in [0.2, 0.25) is 0 Å². The van der Waals surface area contributed by atoms with E-state index >= 15 is 0 Å². The van der Waals surface area contributed by atoms with Crippen LogP contribution in [0.15, 0.2) is 0 Å².